The topological polar surface area (TPSA) is 43.6 Å². The second-order valence-electron chi connectivity index (χ2n) is 11.3. The third-order valence-corrected chi connectivity index (χ3v) is 9.60. The van der Waals surface area contributed by atoms with E-state index in [1.54, 1.807) is 0 Å². The van der Waals surface area contributed by atoms with Gasteiger partial charge in [0.05, 0.1) is 11.0 Å². The number of fused-ring (bicyclic) bond motifs is 5. The Bertz CT molecular complexity index is 2460. The van der Waals surface area contributed by atoms with Gasteiger partial charge in [-0.2, -0.15) is 0 Å². The number of thiophene rings is 1. The maximum absolute atomic E-state index is 5.00. The molecule has 0 amide bonds. The van der Waals surface area contributed by atoms with Crippen molar-refractivity contribution in [2.45, 2.75) is 0 Å². The summed E-state index contributed by atoms with van der Waals surface area (Å²) in [5.41, 5.74) is 7.51. The summed E-state index contributed by atoms with van der Waals surface area (Å²) in [6.45, 7) is 0. The average Bonchev–Trinajstić information content (AvgIpc) is 3.72. The second kappa shape index (κ2) is 10.9. The van der Waals surface area contributed by atoms with Crippen LogP contribution in [-0.4, -0.2) is 19.5 Å². The fourth-order valence-electron chi connectivity index (χ4n) is 6.31. The number of para-hydroxylation sites is 1. The van der Waals surface area contributed by atoms with Gasteiger partial charge in [-0.25, -0.2) is 15.0 Å². The zero-order valence-corrected chi connectivity index (χ0v) is 25.5. The lowest BCUT2D eigenvalue weighted by Gasteiger charge is -2.12. The number of hydrogen-bond donors (Lipinski definition) is 0. The molecule has 3 heterocycles. The summed E-state index contributed by atoms with van der Waals surface area (Å²) in [5, 5.41) is 3.72. The Morgan fingerprint density at radius 3 is 1.65 bits per heavy atom. The van der Waals surface area contributed by atoms with Crippen LogP contribution in [0.15, 0.2) is 158 Å². The van der Waals surface area contributed by atoms with Crippen molar-refractivity contribution in [1.82, 2.24) is 19.5 Å². The van der Waals surface area contributed by atoms with Crippen LogP contribution in [0.3, 0.4) is 0 Å². The maximum Gasteiger partial charge on any atom is 0.164 e. The first-order valence-corrected chi connectivity index (χ1v) is 16.1. The average molecular weight is 607 g/mol. The summed E-state index contributed by atoms with van der Waals surface area (Å²) >= 11 is 1.84. The fraction of sp³-hybridized carbons (Fsp3) is 0. The third-order valence-electron chi connectivity index (χ3n) is 8.45. The number of aromatic nitrogens is 4. The number of nitrogens with zero attached hydrogens (tertiary/aromatic N) is 4. The highest BCUT2D eigenvalue weighted by Gasteiger charge is 2.18. The van der Waals surface area contributed by atoms with E-state index in [4.69, 9.17) is 15.0 Å². The molecule has 0 aliphatic rings. The first-order chi connectivity index (χ1) is 22.8. The van der Waals surface area contributed by atoms with Crippen LogP contribution in [0.2, 0.25) is 0 Å². The highest BCUT2D eigenvalue weighted by molar-refractivity contribution is 7.22. The lowest BCUT2D eigenvalue weighted by atomic mass is 10.1. The van der Waals surface area contributed by atoms with Crippen molar-refractivity contribution < 1.29 is 0 Å². The molecular formula is C41H26N4S. The van der Waals surface area contributed by atoms with Crippen molar-refractivity contribution in [2.75, 3.05) is 0 Å². The molecule has 0 unspecified atom stereocenters. The second-order valence-corrected chi connectivity index (χ2v) is 12.4. The molecular weight excluding hydrogens is 581 g/mol. The smallest absolute Gasteiger partial charge is 0.164 e. The minimum Gasteiger partial charge on any atom is -0.309 e. The molecule has 3 aromatic heterocycles. The van der Waals surface area contributed by atoms with Crippen LogP contribution >= 0.6 is 11.3 Å². The Hall–Kier alpha value is -5.91. The number of benzene rings is 6. The highest BCUT2D eigenvalue weighted by atomic mass is 32.1. The molecule has 9 aromatic rings. The molecule has 46 heavy (non-hydrogen) atoms. The molecule has 0 aliphatic heterocycles. The van der Waals surface area contributed by atoms with Gasteiger partial charge in [-0.15, -0.1) is 11.3 Å². The van der Waals surface area contributed by atoms with Crippen LogP contribution in [0.5, 0.6) is 0 Å². The van der Waals surface area contributed by atoms with Crippen molar-refractivity contribution in [3.63, 3.8) is 0 Å². The summed E-state index contributed by atoms with van der Waals surface area (Å²) in [6, 6.07) is 55.0. The van der Waals surface area contributed by atoms with Crippen molar-refractivity contribution in [1.29, 1.82) is 0 Å². The van der Waals surface area contributed by atoms with E-state index in [2.05, 4.69) is 102 Å². The van der Waals surface area contributed by atoms with Gasteiger partial charge in [0.2, 0.25) is 0 Å². The Morgan fingerprint density at radius 1 is 0.413 bits per heavy atom. The van der Waals surface area contributed by atoms with E-state index < -0.39 is 0 Å². The van der Waals surface area contributed by atoms with Gasteiger partial charge in [-0.3, -0.25) is 0 Å². The van der Waals surface area contributed by atoms with Gasteiger partial charge in [0.15, 0.2) is 17.5 Å². The first kappa shape index (κ1) is 26.5. The SMILES string of the molecule is c1ccc(-c2nc(-c3ccccc3)nc(-c3cccc(-n4c5ccccc5c5ccc6sc(-c7ccccc7)cc6c54)c3)n2)cc1. The molecule has 0 fully saturated rings. The molecule has 0 radical (unpaired) electrons. The third kappa shape index (κ3) is 4.48. The predicted octanol–water partition coefficient (Wildman–Crippen LogP) is 10.9. The van der Waals surface area contributed by atoms with Gasteiger partial charge in [0.1, 0.15) is 0 Å². The quantitative estimate of drug-likeness (QED) is 0.196. The number of rotatable bonds is 5. The Balaban J connectivity index is 1.27. The van der Waals surface area contributed by atoms with Crippen LogP contribution in [0.4, 0.5) is 0 Å². The normalized spacial score (nSPS) is 11.5. The highest BCUT2D eigenvalue weighted by Crippen LogP contribution is 2.42. The van der Waals surface area contributed by atoms with Gasteiger partial charge in [-0.05, 0) is 35.9 Å². The molecule has 0 spiro atoms. The van der Waals surface area contributed by atoms with E-state index in [-0.39, 0.29) is 0 Å². The van der Waals surface area contributed by atoms with Crippen LogP contribution in [-0.2, 0) is 0 Å². The lowest BCUT2D eigenvalue weighted by molar-refractivity contribution is 1.07. The Morgan fingerprint density at radius 2 is 0.978 bits per heavy atom. The van der Waals surface area contributed by atoms with E-state index in [0.29, 0.717) is 17.5 Å². The maximum atomic E-state index is 5.00. The van der Waals surface area contributed by atoms with Crippen LogP contribution < -0.4 is 0 Å². The van der Waals surface area contributed by atoms with Crippen LogP contribution in [0.1, 0.15) is 0 Å². The monoisotopic (exact) mass is 606 g/mol. The molecule has 0 bridgehead atoms. The van der Waals surface area contributed by atoms with Crippen molar-refractivity contribution >= 4 is 43.2 Å². The molecule has 0 saturated carbocycles. The molecule has 0 N–H and O–H groups in total. The Kier molecular flexibility index (Phi) is 6.28. The van der Waals surface area contributed by atoms with Crippen LogP contribution in [0, 0.1) is 0 Å². The van der Waals surface area contributed by atoms with Gasteiger partial charge >= 0.3 is 0 Å². The van der Waals surface area contributed by atoms with Gasteiger partial charge in [0, 0.05) is 48.1 Å². The summed E-state index contributed by atoms with van der Waals surface area (Å²) in [7, 11) is 0. The molecule has 0 saturated heterocycles. The standard InChI is InChI=1S/C41H26N4S/c1-4-13-27(14-5-1)37-26-34-36(46-37)24-23-33-32-21-10-11-22-35(32)45(38(33)34)31-20-12-19-30(25-31)41-43-39(28-15-6-2-7-16-28)42-40(44-41)29-17-8-3-9-18-29/h1-26H. The zero-order chi connectivity index (χ0) is 30.5. The molecule has 216 valence electrons. The summed E-state index contributed by atoms with van der Waals surface area (Å²) < 4.78 is 3.67. The number of hydrogen-bond acceptors (Lipinski definition) is 4. The summed E-state index contributed by atoms with van der Waals surface area (Å²) in [6.07, 6.45) is 0. The van der Waals surface area contributed by atoms with E-state index in [0.717, 1.165) is 22.4 Å². The summed E-state index contributed by atoms with van der Waals surface area (Å²) in [4.78, 5) is 16.2. The molecule has 0 atom stereocenters. The molecule has 0 aliphatic carbocycles. The van der Waals surface area contributed by atoms with Gasteiger partial charge in [0.25, 0.3) is 0 Å². The lowest BCUT2D eigenvalue weighted by Crippen LogP contribution is -2.01. The van der Waals surface area contributed by atoms with Crippen molar-refractivity contribution in [3.8, 4) is 50.3 Å². The summed E-state index contributed by atoms with van der Waals surface area (Å²) in [5.74, 6) is 1.95. The van der Waals surface area contributed by atoms with Crippen LogP contribution in [0.25, 0.3) is 82.2 Å². The van der Waals surface area contributed by atoms with E-state index in [9.17, 15) is 0 Å². The van der Waals surface area contributed by atoms with E-state index >= 15 is 0 Å². The minimum absolute atomic E-state index is 0.641. The van der Waals surface area contributed by atoms with Crippen molar-refractivity contribution in [3.05, 3.63) is 158 Å². The van der Waals surface area contributed by atoms with E-state index in [1.807, 2.05) is 72.0 Å². The largest absolute Gasteiger partial charge is 0.309 e. The zero-order valence-electron chi connectivity index (χ0n) is 24.7. The molecule has 5 heteroatoms. The molecule has 6 aromatic carbocycles. The predicted molar refractivity (Wildman–Crippen MR) is 191 cm³/mol. The minimum atomic E-state index is 0.641. The fourth-order valence-corrected chi connectivity index (χ4v) is 7.38. The first-order valence-electron chi connectivity index (χ1n) is 15.3. The van der Waals surface area contributed by atoms with E-state index in [1.165, 1.54) is 42.3 Å². The van der Waals surface area contributed by atoms with Gasteiger partial charge in [-0.1, -0.05) is 127 Å². The molecule has 4 nitrogen and oxygen atoms in total. The molecule has 9 rings (SSSR count). The Labute approximate surface area is 269 Å². The van der Waals surface area contributed by atoms with Gasteiger partial charge < -0.3 is 4.57 Å². The van der Waals surface area contributed by atoms with Crippen molar-refractivity contribution in [2.24, 2.45) is 0 Å².